The van der Waals surface area contributed by atoms with Gasteiger partial charge in [-0.15, -0.1) is 0 Å². The van der Waals surface area contributed by atoms with Gasteiger partial charge in [-0.3, -0.25) is 4.98 Å². The molecule has 0 atom stereocenters. The van der Waals surface area contributed by atoms with Crippen molar-refractivity contribution in [3.63, 3.8) is 0 Å². The first-order chi connectivity index (χ1) is 20.8. The fourth-order valence-corrected chi connectivity index (χ4v) is 5.90. The van der Waals surface area contributed by atoms with Crippen molar-refractivity contribution in [2.75, 3.05) is 4.90 Å². The highest BCUT2D eigenvalue weighted by Gasteiger charge is 2.20. The van der Waals surface area contributed by atoms with Gasteiger partial charge >= 0.3 is 0 Å². The maximum absolute atomic E-state index is 6.44. The van der Waals surface area contributed by atoms with Crippen LogP contribution in [0.5, 0.6) is 0 Å². The van der Waals surface area contributed by atoms with Gasteiger partial charge in [-0.05, 0) is 75.5 Å². The number of pyridine rings is 1. The molecule has 3 heteroatoms. The van der Waals surface area contributed by atoms with Crippen LogP contribution in [0.2, 0.25) is 0 Å². The second-order valence-corrected chi connectivity index (χ2v) is 10.4. The highest BCUT2D eigenvalue weighted by molar-refractivity contribution is 6.08. The Kier molecular flexibility index (Phi) is 5.79. The number of hydrogen-bond acceptors (Lipinski definition) is 3. The summed E-state index contributed by atoms with van der Waals surface area (Å²) in [4.78, 5) is 6.97. The van der Waals surface area contributed by atoms with Crippen molar-refractivity contribution in [1.82, 2.24) is 4.98 Å². The zero-order chi connectivity index (χ0) is 27.9. The topological polar surface area (TPSA) is 29.3 Å². The van der Waals surface area contributed by atoms with Crippen molar-refractivity contribution in [1.29, 1.82) is 0 Å². The van der Waals surface area contributed by atoms with Gasteiger partial charge in [0.1, 0.15) is 11.1 Å². The Morgan fingerprint density at radius 1 is 0.476 bits per heavy atom. The monoisotopic (exact) mass is 538 g/mol. The number of rotatable bonds is 5. The molecule has 0 spiro atoms. The molecule has 0 N–H and O–H groups in total. The maximum Gasteiger partial charge on any atom is 0.177 e. The molecule has 6 aromatic carbocycles. The van der Waals surface area contributed by atoms with Crippen molar-refractivity contribution >= 4 is 49.9 Å². The average molecular weight is 539 g/mol. The van der Waals surface area contributed by atoms with Crippen LogP contribution < -0.4 is 4.90 Å². The maximum atomic E-state index is 6.44. The number of nitrogens with zero attached hydrogens (tertiary/aromatic N) is 2. The van der Waals surface area contributed by atoms with Crippen LogP contribution in [-0.4, -0.2) is 4.98 Å². The van der Waals surface area contributed by atoms with E-state index in [0.29, 0.717) is 0 Å². The Labute approximate surface area is 243 Å². The number of benzene rings is 6. The normalized spacial score (nSPS) is 11.3. The van der Waals surface area contributed by atoms with Crippen LogP contribution in [0.1, 0.15) is 0 Å². The third-order valence-electron chi connectivity index (χ3n) is 7.94. The highest BCUT2D eigenvalue weighted by atomic mass is 16.3. The summed E-state index contributed by atoms with van der Waals surface area (Å²) >= 11 is 0. The van der Waals surface area contributed by atoms with E-state index in [2.05, 4.69) is 126 Å². The van der Waals surface area contributed by atoms with Crippen molar-refractivity contribution in [2.24, 2.45) is 0 Å². The Balaban J connectivity index is 1.28. The largest absolute Gasteiger partial charge is 0.452 e. The molecule has 0 saturated carbocycles. The molecule has 8 rings (SSSR count). The minimum atomic E-state index is 0.768. The van der Waals surface area contributed by atoms with Gasteiger partial charge in [0.25, 0.3) is 0 Å². The molecule has 0 aliphatic heterocycles. The third-order valence-corrected chi connectivity index (χ3v) is 7.94. The lowest BCUT2D eigenvalue weighted by Gasteiger charge is -2.26. The van der Waals surface area contributed by atoms with E-state index in [4.69, 9.17) is 9.40 Å². The second kappa shape index (κ2) is 10.1. The summed E-state index contributed by atoms with van der Waals surface area (Å²) < 4.78 is 6.44. The van der Waals surface area contributed by atoms with E-state index in [-0.39, 0.29) is 0 Å². The fourth-order valence-electron chi connectivity index (χ4n) is 5.90. The quantitative estimate of drug-likeness (QED) is 0.218. The van der Waals surface area contributed by atoms with Crippen molar-refractivity contribution in [3.05, 3.63) is 158 Å². The minimum Gasteiger partial charge on any atom is -0.452 e. The Bertz CT molecular complexity index is 2170. The van der Waals surface area contributed by atoms with Gasteiger partial charge in [-0.25, -0.2) is 0 Å². The SMILES string of the molecule is c1ccc(-c2ccc(N(c3ccc(-c4cccc5ccccc45)cc3)c3ccnc4c3oc3ccccc34)cc2)cc1. The van der Waals surface area contributed by atoms with Crippen LogP contribution >= 0.6 is 0 Å². The number of fused-ring (bicyclic) bond motifs is 4. The molecule has 0 aliphatic carbocycles. The Morgan fingerprint density at radius 2 is 1.10 bits per heavy atom. The van der Waals surface area contributed by atoms with Crippen molar-refractivity contribution in [2.45, 2.75) is 0 Å². The average Bonchev–Trinajstić information content (AvgIpc) is 3.45. The van der Waals surface area contributed by atoms with Crippen LogP contribution in [0.4, 0.5) is 17.1 Å². The molecule has 8 aromatic rings. The summed E-state index contributed by atoms with van der Waals surface area (Å²) in [6.45, 7) is 0. The van der Waals surface area contributed by atoms with Gasteiger partial charge in [0.2, 0.25) is 0 Å². The molecule has 0 amide bonds. The molecule has 42 heavy (non-hydrogen) atoms. The van der Waals surface area contributed by atoms with Gasteiger partial charge in [0, 0.05) is 23.0 Å². The lowest BCUT2D eigenvalue weighted by atomic mass is 9.98. The molecule has 0 unspecified atom stereocenters. The second-order valence-electron chi connectivity index (χ2n) is 10.4. The number of aromatic nitrogens is 1. The van der Waals surface area contributed by atoms with E-state index in [1.807, 2.05) is 36.5 Å². The summed E-state index contributed by atoms with van der Waals surface area (Å²) in [6.07, 6.45) is 1.87. The zero-order valence-corrected chi connectivity index (χ0v) is 22.8. The molecule has 0 fully saturated rings. The van der Waals surface area contributed by atoms with Crippen LogP contribution in [0.3, 0.4) is 0 Å². The molecule has 0 saturated heterocycles. The summed E-state index contributed by atoms with van der Waals surface area (Å²) in [5.74, 6) is 0. The van der Waals surface area contributed by atoms with Gasteiger partial charge in [-0.2, -0.15) is 0 Å². The summed E-state index contributed by atoms with van der Waals surface area (Å²) in [7, 11) is 0. The molecule has 198 valence electrons. The lowest BCUT2D eigenvalue weighted by molar-refractivity contribution is 0.668. The number of furan rings is 1. The number of anilines is 3. The van der Waals surface area contributed by atoms with E-state index in [9.17, 15) is 0 Å². The zero-order valence-electron chi connectivity index (χ0n) is 22.8. The standard InChI is InChI=1S/C39H26N2O/c1-2-9-27(10-3-1)28-17-21-31(22-18-28)41(36-25-26-40-38-35-14-6-7-16-37(35)42-39(36)38)32-23-19-30(20-24-32)34-15-8-12-29-11-4-5-13-33(29)34/h1-26H. The van der Waals surface area contributed by atoms with Crippen LogP contribution in [-0.2, 0) is 0 Å². The first-order valence-electron chi connectivity index (χ1n) is 14.1. The number of para-hydroxylation sites is 1. The lowest BCUT2D eigenvalue weighted by Crippen LogP contribution is -2.10. The van der Waals surface area contributed by atoms with Gasteiger partial charge in [0.05, 0.1) is 5.69 Å². The molecule has 2 heterocycles. The van der Waals surface area contributed by atoms with E-state index in [1.165, 1.54) is 33.0 Å². The van der Waals surface area contributed by atoms with Crippen LogP contribution in [0, 0.1) is 0 Å². The highest BCUT2D eigenvalue weighted by Crippen LogP contribution is 2.42. The van der Waals surface area contributed by atoms with Crippen molar-refractivity contribution < 1.29 is 4.42 Å². The van der Waals surface area contributed by atoms with Gasteiger partial charge in [-0.1, -0.05) is 109 Å². The van der Waals surface area contributed by atoms with Crippen LogP contribution in [0.15, 0.2) is 162 Å². The summed E-state index contributed by atoms with van der Waals surface area (Å²) in [5, 5.41) is 3.50. The van der Waals surface area contributed by atoms with E-state index >= 15 is 0 Å². The smallest absolute Gasteiger partial charge is 0.177 e. The first-order valence-corrected chi connectivity index (χ1v) is 14.1. The molecular formula is C39H26N2O. The third kappa shape index (κ3) is 4.11. The predicted molar refractivity (Wildman–Crippen MR) is 175 cm³/mol. The first kappa shape index (κ1) is 24.2. The Hall–Kier alpha value is -5.67. The molecule has 3 nitrogen and oxygen atoms in total. The molecule has 0 radical (unpaired) electrons. The summed E-state index contributed by atoms with van der Waals surface area (Å²) in [5.41, 5.74) is 10.3. The molecule has 0 aliphatic rings. The van der Waals surface area contributed by atoms with E-state index in [1.54, 1.807) is 0 Å². The number of hydrogen-bond donors (Lipinski definition) is 0. The van der Waals surface area contributed by atoms with Gasteiger partial charge in [0.15, 0.2) is 5.58 Å². The van der Waals surface area contributed by atoms with Gasteiger partial charge < -0.3 is 9.32 Å². The fraction of sp³-hybridized carbons (Fsp3) is 0. The minimum absolute atomic E-state index is 0.768. The summed E-state index contributed by atoms with van der Waals surface area (Å²) in [6, 6.07) is 53.1. The predicted octanol–water partition coefficient (Wildman–Crippen LogP) is 10.9. The van der Waals surface area contributed by atoms with E-state index < -0.39 is 0 Å². The Morgan fingerprint density at radius 3 is 1.88 bits per heavy atom. The molecule has 0 bridgehead atoms. The van der Waals surface area contributed by atoms with E-state index in [0.717, 1.165) is 39.1 Å². The molecular weight excluding hydrogens is 512 g/mol. The van der Waals surface area contributed by atoms with Crippen LogP contribution in [0.25, 0.3) is 55.1 Å². The molecule has 2 aromatic heterocycles. The van der Waals surface area contributed by atoms with Crippen molar-refractivity contribution in [3.8, 4) is 22.3 Å².